The van der Waals surface area contributed by atoms with Crippen LogP contribution in [0.15, 0.2) is 10.8 Å². The molecular formula is C12H18N4S2. The van der Waals surface area contributed by atoms with Crippen molar-refractivity contribution < 1.29 is 0 Å². The van der Waals surface area contributed by atoms with Gasteiger partial charge >= 0.3 is 0 Å². The molecule has 2 rings (SSSR count). The van der Waals surface area contributed by atoms with Crippen molar-refractivity contribution in [2.24, 2.45) is 0 Å². The summed E-state index contributed by atoms with van der Waals surface area (Å²) < 4.78 is 0. The van der Waals surface area contributed by atoms with E-state index in [0.29, 0.717) is 0 Å². The number of nitrogens with one attached hydrogen (secondary N) is 1. The summed E-state index contributed by atoms with van der Waals surface area (Å²) in [6.07, 6.45) is 2.37. The van der Waals surface area contributed by atoms with Crippen LogP contribution in [0.5, 0.6) is 0 Å². The average Bonchev–Trinajstić information content (AvgIpc) is 2.97. The number of rotatable bonds is 6. The maximum atomic E-state index is 4.56. The average molecular weight is 282 g/mol. The van der Waals surface area contributed by atoms with Crippen molar-refractivity contribution >= 4 is 32.9 Å². The van der Waals surface area contributed by atoms with Gasteiger partial charge in [-0.15, -0.1) is 22.7 Å². The largest absolute Gasteiger partial charge is 0.362 e. The van der Waals surface area contributed by atoms with Crippen LogP contribution in [0.3, 0.4) is 0 Å². The first-order valence-electron chi connectivity index (χ1n) is 6.03. The zero-order valence-corrected chi connectivity index (χ0v) is 12.6. The van der Waals surface area contributed by atoms with E-state index >= 15 is 0 Å². The molecule has 2 aromatic rings. The zero-order valence-electron chi connectivity index (χ0n) is 10.9. The molecule has 0 unspecified atom stereocenters. The van der Waals surface area contributed by atoms with Crippen molar-refractivity contribution in [3.63, 3.8) is 0 Å². The second kappa shape index (κ2) is 6.15. The van der Waals surface area contributed by atoms with E-state index < -0.39 is 0 Å². The van der Waals surface area contributed by atoms with Crippen LogP contribution >= 0.6 is 22.7 Å². The Morgan fingerprint density at radius 1 is 1.17 bits per heavy atom. The predicted molar refractivity (Wildman–Crippen MR) is 80.9 cm³/mol. The van der Waals surface area contributed by atoms with Crippen LogP contribution in [0.1, 0.15) is 19.8 Å². The predicted octanol–water partition coefficient (Wildman–Crippen LogP) is 3.54. The molecule has 0 saturated carbocycles. The first-order chi connectivity index (χ1) is 8.70. The fourth-order valence-electron chi connectivity index (χ4n) is 1.43. The molecule has 0 spiro atoms. The highest BCUT2D eigenvalue weighted by Gasteiger charge is 2.09. The summed E-state index contributed by atoms with van der Waals surface area (Å²) in [5, 5.41) is 9.45. The third-order valence-electron chi connectivity index (χ3n) is 2.45. The molecule has 0 aliphatic carbocycles. The minimum absolute atomic E-state index is 0.961. The van der Waals surface area contributed by atoms with Gasteiger partial charge in [-0.2, -0.15) is 0 Å². The number of hydrogen-bond donors (Lipinski definition) is 1. The van der Waals surface area contributed by atoms with Crippen LogP contribution in [0.25, 0.3) is 11.4 Å². The van der Waals surface area contributed by atoms with Crippen LogP contribution < -0.4 is 10.2 Å². The number of thiazole rings is 2. The van der Waals surface area contributed by atoms with Crippen molar-refractivity contribution in [3.8, 4) is 11.4 Å². The summed E-state index contributed by atoms with van der Waals surface area (Å²) in [5.41, 5.74) is 1.92. The molecule has 0 aliphatic heterocycles. The first kappa shape index (κ1) is 13.3. The van der Waals surface area contributed by atoms with Gasteiger partial charge in [0.25, 0.3) is 0 Å². The van der Waals surface area contributed by atoms with E-state index in [9.17, 15) is 0 Å². The highest BCUT2D eigenvalue weighted by Crippen LogP contribution is 2.28. The van der Waals surface area contributed by atoms with Crippen molar-refractivity contribution in [2.75, 3.05) is 30.9 Å². The molecule has 0 atom stereocenters. The van der Waals surface area contributed by atoms with Gasteiger partial charge in [-0.05, 0) is 6.42 Å². The molecule has 2 aromatic heterocycles. The standard InChI is InChI=1S/C12H18N4S2/c1-4-5-6-13-11-14-9(7-17-11)10-8-18-12(15-10)16(2)3/h7-8H,4-6H2,1-3H3,(H,13,14). The Bertz CT molecular complexity index is 490. The van der Waals surface area contributed by atoms with Crippen molar-refractivity contribution in [2.45, 2.75) is 19.8 Å². The molecule has 98 valence electrons. The number of nitrogens with zero attached hydrogens (tertiary/aromatic N) is 3. The van der Waals surface area contributed by atoms with E-state index in [1.54, 1.807) is 22.7 Å². The molecule has 18 heavy (non-hydrogen) atoms. The molecule has 0 amide bonds. The Balaban J connectivity index is 2.04. The number of aromatic nitrogens is 2. The molecule has 0 bridgehead atoms. The van der Waals surface area contributed by atoms with Crippen molar-refractivity contribution in [3.05, 3.63) is 10.8 Å². The minimum Gasteiger partial charge on any atom is -0.362 e. The van der Waals surface area contributed by atoms with Crippen molar-refractivity contribution in [1.29, 1.82) is 0 Å². The van der Waals surface area contributed by atoms with Gasteiger partial charge in [0.15, 0.2) is 10.3 Å². The van der Waals surface area contributed by atoms with E-state index in [1.807, 2.05) is 19.0 Å². The van der Waals surface area contributed by atoms with Gasteiger partial charge in [0, 0.05) is 31.4 Å². The van der Waals surface area contributed by atoms with Crippen LogP contribution in [-0.2, 0) is 0 Å². The van der Waals surface area contributed by atoms with E-state index in [2.05, 4.69) is 33.0 Å². The molecule has 0 fully saturated rings. The van der Waals surface area contributed by atoms with Crippen LogP contribution in [0, 0.1) is 0 Å². The van der Waals surface area contributed by atoms with E-state index in [4.69, 9.17) is 0 Å². The summed E-state index contributed by atoms with van der Waals surface area (Å²) in [5.74, 6) is 0. The van der Waals surface area contributed by atoms with E-state index in [-0.39, 0.29) is 0 Å². The Kier molecular flexibility index (Phi) is 4.54. The Morgan fingerprint density at radius 3 is 2.56 bits per heavy atom. The molecule has 0 saturated heterocycles. The molecular weight excluding hydrogens is 264 g/mol. The second-order valence-electron chi connectivity index (χ2n) is 4.23. The van der Waals surface area contributed by atoms with Crippen LogP contribution in [-0.4, -0.2) is 30.6 Å². The summed E-state index contributed by atoms with van der Waals surface area (Å²) >= 11 is 3.28. The molecule has 6 heteroatoms. The Morgan fingerprint density at radius 2 is 1.89 bits per heavy atom. The monoisotopic (exact) mass is 282 g/mol. The maximum absolute atomic E-state index is 4.56. The van der Waals surface area contributed by atoms with Gasteiger partial charge in [-0.25, -0.2) is 9.97 Å². The Hall–Kier alpha value is -1.14. The second-order valence-corrected chi connectivity index (χ2v) is 5.92. The fraction of sp³-hybridized carbons (Fsp3) is 0.500. The lowest BCUT2D eigenvalue weighted by Gasteiger charge is -2.05. The number of hydrogen-bond acceptors (Lipinski definition) is 6. The molecule has 4 nitrogen and oxygen atoms in total. The third-order valence-corrected chi connectivity index (χ3v) is 4.26. The first-order valence-corrected chi connectivity index (χ1v) is 7.79. The lowest BCUT2D eigenvalue weighted by Crippen LogP contribution is -2.07. The van der Waals surface area contributed by atoms with Gasteiger partial charge in [0.2, 0.25) is 0 Å². The summed E-state index contributed by atoms with van der Waals surface area (Å²) in [6.45, 7) is 3.18. The third kappa shape index (κ3) is 3.20. The SMILES string of the molecule is CCCCNc1nc(-c2csc(N(C)C)n2)cs1. The van der Waals surface area contributed by atoms with Gasteiger partial charge in [-0.1, -0.05) is 13.3 Å². The van der Waals surface area contributed by atoms with Crippen LogP contribution in [0.2, 0.25) is 0 Å². The molecule has 1 N–H and O–H groups in total. The molecule has 0 aliphatic rings. The summed E-state index contributed by atoms with van der Waals surface area (Å²) in [6, 6.07) is 0. The Labute approximate surface area is 116 Å². The normalized spacial score (nSPS) is 10.6. The number of unbranched alkanes of at least 4 members (excludes halogenated alkanes) is 1. The molecule has 2 heterocycles. The summed E-state index contributed by atoms with van der Waals surface area (Å²) in [4.78, 5) is 11.1. The van der Waals surface area contributed by atoms with Crippen molar-refractivity contribution in [1.82, 2.24) is 9.97 Å². The highest BCUT2D eigenvalue weighted by atomic mass is 32.1. The lowest BCUT2D eigenvalue weighted by molar-refractivity contribution is 0.833. The quantitative estimate of drug-likeness (QED) is 0.823. The smallest absolute Gasteiger partial charge is 0.185 e. The lowest BCUT2D eigenvalue weighted by atomic mass is 10.3. The fourth-order valence-corrected chi connectivity index (χ4v) is 2.92. The van der Waals surface area contributed by atoms with Gasteiger partial charge in [-0.3, -0.25) is 0 Å². The number of anilines is 2. The summed E-state index contributed by atoms with van der Waals surface area (Å²) in [7, 11) is 4.00. The van der Waals surface area contributed by atoms with Gasteiger partial charge < -0.3 is 10.2 Å². The molecule has 0 radical (unpaired) electrons. The van der Waals surface area contributed by atoms with E-state index in [0.717, 1.165) is 28.2 Å². The van der Waals surface area contributed by atoms with Crippen LogP contribution in [0.4, 0.5) is 10.3 Å². The van der Waals surface area contributed by atoms with E-state index in [1.165, 1.54) is 12.8 Å². The molecule has 0 aromatic carbocycles. The van der Waals surface area contributed by atoms with Gasteiger partial charge in [0.1, 0.15) is 11.4 Å². The highest BCUT2D eigenvalue weighted by molar-refractivity contribution is 7.14. The van der Waals surface area contributed by atoms with Gasteiger partial charge in [0.05, 0.1) is 0 Å². The minimum atomic E-state index is 0.961. The maximum Gasteiger partial charge on any atom is 0.185 e. The topological polar surface area (TPSA) is 41.1 Å². The zero-order chi connectivity index (χ0) is 13.0.